The number of benzene rings is 1. The number of piperazine rings is 1. The molecule has 0 aromatic heterocycles. The zero-order chi connectivity index (χ0) is 14.2. The molecule has 1 aliphatic heterocycles. The number of halogens is 1. The summed E-state index contributed by atoms with van der Waals surface area (Å²) < 4.78 is 0.862. The van der Waals surface area contributed by atoms with Gasteiger partial charge in [-0.25, -0.2) is 0 Å². The zero-order valence-electron chi connectivity index (χ0n) is 11.3. The van der Waals surface area contributed by atoms with Crippen LogP contribution >= 0.6 is 15.9 Å². The Morgan fingerprint density at radius 3 is 2.74 bits per heavy atom. The molecular formula is C14H17BrN2O2. The number of hydrogen-bond acceptors (Lipinski definition) is 3. The normalized spacial score (nSPS) is 18.1. The highest BCUT2D eigenvalue weighted by atomic mass is 79.9. The first kappa shape index (κ1) is 14.1. The van der Waals surface area contributed by atoms with E-state index < -0.39 is 5.54 Å². The maximum atomic E-state index is 12.0. The van der Waals surface area contributed by atoms with Crippen LogP contribution in [0, 0.1) is 0 Å². The Hall–Kier alpha value is -1.36. The molecule has 1 heterocycles. The zero-order valence-corrected chi connectivity index (χ0v) is 12.9. The Labute approximate surface area is 121 Å². The second kappa shape index (κ2) is 4.96. The van der Waals surface area contributed by atoms with Crippen molar-refractivity contribution in [1.82, 2.24) is 5.32 Å². The molecule has 1 fully saturated rings. The molecule has 1 saturated heterocycles. The second-order valence-electron chi connectivity index (χ2n) is 5.18. The lowest BCUT2D eigenvalue weighted by Gasteiger charge is -2.43. The Morgan fingerprint density at radius 1 is 1.42 bits per heavy atom. The number of ketones is 1. The van der Waals surface area contributed by atoms with Crippen molar-refractivity contribution in [3.8, 4) is 0 Å². The molecule has 4 nitrogen and oxygen atoms in total. The summed E-state index contributed by atoms with van der Waals surface area (Å²) in [6, 6.07) is 5.59. The van der Waals surface area contributed by atoms with Crippen LogP contribution in [0.2, 0.25) is 0 Å². The number of nitrogens with one attached hydrogen (secondary N) is 1. The van der Waals surface area contributed by atoms with Crippen molar-refractivity contribution >= 4 is 33.3 Å². The molecule has 1 amide bonds. The van der Waals surface area contributed by atoms with Crippen LogP contribution in [-0.4, -0.2) is 30.3 Å². The average Bonchev–Trinajstić information content (AvgIpc) is 2.33. The number of amides is 1. The Morgan fingerprint density at radius 2 is 2.11 bits per heavy atom. The number of carbonyl (C=O) groups excluding carboxylic acids is 2. The maximum Gasteiger partial charge on any atom is 0.245 e. The smallest absolute Gasteiger partial charge is 0.245 e. The maximum absolute atomic E-state index is 12.0. The topological polar surface area (TPSA) is 49.4 Å². The van der Waals surface area contributed by atoms with Crippen LogP contribution in [-0.2, 0) is 4.79 Å². The van der Waals surface area contributed by atoms with E-state index in [4.69, 9.17) is 0 Å². The first-order valence-corrected chi connectivity index (χ1v) is 7.00. The van der Waals surface area contributed by atoms with Crippen LogP contribution in [0.1, 0.15) is 31.1 Å². The van der Waals surface area contributed by atoms with E-state index in [2.05, 4.69) is 21.2 Å². The molecule has 0 bridgehead atoms. The van der Waals surface area contributed by atoms with Crippen LogP contribution in [0.15, 0.2) is 22.7 Å². The highest BCUT2D eigenvalue weighted by molar-refractivity contribution is 9.10. The largest absolute Gasteiger partial charge is 0.355 e. The molecule has 1 N–H and O–H groups in total. The van der Waals surface area contributed by atoms with Gasteiger partial charge in [-0.1, -0.05) is 15.9 Å². The molecule has 0 unspecified atom stereocenters. The van der Waals surface area contributed by atoms with Crippen molar-refractivity contribution < 1.29 is 9.59 Å². The van der Waals surface area contributed by atoms with Gasteiger partial charge in [-0.2, -0.15) is 0 Å². The molecular weight excluding hydrogens is 308 g/mol. The number of hydrogen-bond donors (Lipinski definition) is 1. The van der Waals surface area contributed by atoms with Gasteiger partial charge in [-0.3, -0.25) is 9.59 Å². The third-order valence-corrected chi connectivity index (χ3v) is 3.97. The van der Waals surface area contributed by atoms with Gasteiger partial charge in [0.2, 0.25) is 5.91 Å². The molecule has 1 aromatic rings. The van der Waals surface area contributed by atoms with Crippen molar-refractivity contribution in [3.63, 3.8) is 0 Å². The number of anilines is 1. The number of rotatable bonds is 2. The minimum absolute atomic E-state index is 0.00178. The molecule has 1 aliphatic rings. The summed E-state index contributed by atoms with van der Waals surface area (Å²) in [5, 5.41) is 2.86. The van der Waals surface area contributed by atoms with Crippen LogP contribution in [0.25, 0.3) is 0 Å². The van der Waals surface area contributed by atoms with Gasteiger partial charge in [0.25, 0.3) is 0 Å². The molecule has 1 aromatic carbocycles. The van der Waals surface area contributed by atoms with Crippen molar-refractivity contribution in [1.29, 1.82) is 0 Å². The van der Waals surface area contributed by atoms with Crippen LogP contribution in [0.3, 0.4) is 0 Å². The fourth-order valence-electron chi connectivity index (χ4n) is 2.35. The van der Waals surface area contributed by atoms with E-state index in [0.717, 1.165) is 10.2 Å². The predicted octanol–water partition coefficient (Wildman–Crippen LogP) is 2.37. The van der Waals surface area contributed by atoms with E-state index in [-0.39, 0.29) is 11.7 Å². The summed E-state index contributed by atoms with van der Waals surface area (Å²) in [6.07, 6.45) is 0. The van der Waals surface area contributed by atoms with Crippen molar-refractivity contribution in [3.05, 3.63) is 28.2 Å². The number of Topliss-reactive ketones (excluding diaryl/α,β-unsaturated/α-hetero) is 1. The third kappa shape index (κ3) is 2.52. The summed E-state index contributed by atoms with van der Waals surface area (Å²) in [6.45, 7) is 6.57. The fraction of sp³-hybridized carbons (Fsp3) is 0.429. The van der Waals surface area contributed by atoms with E-state index in [1.54, 1.807) is 13.0 Å². The van der Waals surface area contributed by atoms with Gasteiger partial charge >= 0.3 is 0 Å². The van der Waals surface area contributed by atoms with E-state index in [9.17, 15) is 9.59 Å². The van der Waals surface area contributed by atoms with Crippen LogP contribution < -0.4 is 10.2 Å². The fourth-order valence-corrected chi connectivity index (χ4v) is 2.71. The van der Waals surface area contributed by atoms with Crippen molar-refractivity contribution in [2.75, 3.05) is 18.0 Å². The van der Waals surface area contributed by atoms with E-state index in [0.29, 0.717) is 18.7 Å². The molecule has 0 radical (unpaired) electrons. The lowest BCUT2D eigenvalue weighted by atomic mass is 9.96. The first-order chi connectivity index (χ1) is 8.84. The van der Waals surface area contributed by atoms with Crippen LogP contribution in [0.5, 0.6) is 0 Å². The van der Waals surface area contributed by atoms with Gasteiger partial charge in [0.05, 0.1) is 0 Å². The van der Waals surface area contributed by atoms with Crippen molar-refractivity contribution in [2.24, 2.45) is 0 Å². The first-order valence-electron chi connectivity index (χ1n) is 6.20. The monoisotopic (exact) mass is 324 g/mol. The molecule has 0 aliphatic carbocycles. The number of carbonyl (C=O) groups is 2. The lowest BCUT2D eigenvalue weighted by molar-refractivity contribution is -0.126. The highest BCUT2D eigenvalue weighted by Gasteiger charge is 2.38. The molecule has 2 rings (SSSR count). The third-order valence-electron chi connectivity index (χ3n) is 3.48. The molecule has 0 saturated carbocycles. The Balaban J connectivity index is 2.52. The summed E-state index contributed by atoms with van der Waals surface area (Å²) in [5.41, 5.74) is 0.795. The lowest BCUT2D eigenvalue weighted by Crippen LogP contribution is -2.62. The molecule has 0 atom stereocenters. The number of nitrogens with zero attached hydrogens (tertiary/aromatic N) is 1. The summed E-state index contributed by atoms with van der Waals surface area (Å²) in [7, 11) is 0. The quantitative estimate of drug-likeness (QED) is 0.850. The van der Waals surface area contributed by atoms with E-state index in [1.807, 2.05) is 30.9 Å². The van der Waals surface area contributed by atoms with Gasteiger partial charge in [-0.15, -0.1) is 0 Å². The highest BCUT2D eigenvalue weighted by Crippen LogP contribution is 2.31. The Kier molecular flexibility index (Phi) is 3.67. The van der Waals surface area contributed by atoms with Gasteiger partial charge in [0, 0.05) is 28.8 Å². The van der Waals surface area contributed by atoms with Gasteiger partial charge in [0.1, 0.15) is 5.54 Å². The summed E-state index contributed by atoms with van der Waals surface area (Å²) >= 11 is 3.38. The van der Waals surface area contributed by atoms with Gasteiger partial charge in [-0.05, 0) is 39.0 Å². The summed E-state index contributed by atoms with van der Waals surface area (Å²) in [4.78, 5) is 25.8. The van der Waals surface area contributed by atoms with Gasteiger partial charge in [0.15, 0.2) is 5.78 Å². The molecule has 5 heteroatoms. The minimum Gasteiger partial charge on any atom is -0.355 e. The molecule has 19 heavy (non-hydrogen) atoms. The standard InChI is InChI=1S/C14H17BrN2O2/c1-9(18)11-8-10(15)4-5-12(11)17-7-6-16-13(19)14(17,2)3/h4-5,8H,6-7H2,1-3H3,(H,16,19). The molecule has 102 valence electrons. The van der Waals surface area contributed by atoms with Crippen molar-refractivity contribution in [2.45, 2.75) is 26.3 Å². The summed E-state index contributed by atoms with van der Waals surface area (Å²) in [5.74, 6) is -0.0192. The average molecular weight is 325 g/mol. The van der Waals surface area contributed by atoms with E-state index >= 15 is 0 Å². The predicted molar refractivity (Wildman–Crippen MR) is 78.6 cm³/mol. The van der Waals surface area contributed by atoms with E-state index in [1.165, 1.54) is 0 Å². The van der Waals surface area contributed by atoms with Gasteiger partial charge < -0.3 is 10.2 Å². The molecule has 0 spiro atoms. The Bertz CT molecular complexity index is 540. The SMILES string of the molecule is CC(=O)c1cc(Br)ccc1N1CCNC(=O)C1(C)C. The van der Waals surface area contributed by atoms with Crippen LogP contribution in [0.4, 0.5) is 5.69 Å². The minimum atomic E-state index is -0.656. The second-order valence-corrected chi connectivity index (χ2v) is 6.10.